The van der Waals surface area contributed by atoms with E-state index in [2.05, 4.69) is 125 Å². The Labute approximate surface area is 291 Å². The average Bonchev–Trinajstić information content (AvgIpc) is 3.63. The van der Waals surface area contributed by atoms with Gasteiger partial charge in [-0.05, 0) is 82.3 Å². The number of nitrogens with zero attached hydrogens (tertiary/aromatic N) is 4. The van der Waals surface area contributed by atoms with Crippen molar-refractivity contribution in [1.82, 2.24) is 19.3 Å². The number of aromatic nitrogens is 4. The van der Waals surface area contributed by atoms with Gasteiger partial charge < -0.3 is 9.30 Å². The van der Waals surface area contributed by atoms with Gasteiger partial charge in [-0.2, -0.15) is 17.2 Å². The van der Waals surface area contributed by atoms with Crippen LogP contribution >= 0.6 is 0 Å². The molecule has 0 spiro atoms. The quantitative estimate of drug-likeness (QED) is 0.158. The van der Waals surface area contributed by atoms with Crippen molar-refractivity contribution in [2.75, 3.05) is 0 Å². The molecular weight excluding hydrogens is 760 g/mol. The summed E-state index contributed by atoms with van der Waals surface area (Å²) in [5.74, 6) is 2.52. The number of rotatable bonds is 6. The van der Waals surface area contributed by atoms with Crippen LogP contribution in [0.5, 0.6) is 11.5 Å². The van der Waals surface area contributed by atoms with E-state index in [4.69, 9.17) is 9.84 Å². The first kappa shape index (κ1) is 32.5. The second-order valence-electron chi connectivity index (χ2n) is 13.5. The Morgan fingerprint density at radius 2 is 1.62 bits per heavy atom. The number of pyridine rings is 1. The van der Waals surface area contributed by atoms with Crippen molar-refractivity contribution in [1.29, 1.82) is 0 Å². The van der Waals surface area contributed by atoms with Gasteiger partial charge in [0.05, 0.1) is 6.20 Å². The molecule has 0 fully saturated rings. The third-order valence-electron chi connectivity index (χ3n) is 8.61. The molecule has 0 N–H and O–H groups in total. The first-order chi connectivity index (χ1) is 22.1. The van der Waals surface area contributed by atoms with Crippen molar-refractivity contribution in [2.24, 2.45) is 0 Å². The number of ether oxygens (including phenoxy) is 1. The molecule has 0 atom stereocenters. The number of hydrogen-bond acceptors (Lipinski definition) is 3. The molecule has 47 heavy (non-hydrogen) atoms. The molecule has 6 heteroatoms. The maximum atomic E-state index is 6.38. The van der Waals surface area contributed by atoms with Crippen molar-refractivity contribution < 1.29 is 25.8 Å². The van der Waals surface area contributed by atoms with E-state index in [-0.39, 0.29) is 26.5 Å². The molecular formula is C41H38N4OPt. The van der Waals surface area contributed by atoms with E-state index in [1.165, 1.54) is 22.3 Å². The van der Waals surface area contributed by atoms with Crippen LogP contribution in [0.3, 0.4) is 0 Å². The fourth-order valence-electron chi connectivity index (χ4n) is 6.27. The molecule has 3 heterocycles. The summed E-state index contributed by atoms with van der Waals surface area (Å²) < 4.78 is 10.4. The first-order valence-corrected chi connectivity index (χ1v) is 15.9. The summed E-state index contributed by atoms with van der Waals surface area (Å²) >= 11 is 0. The average molecular weight is 798 g/mol. The third-order valence-corrected chi connectivity index (χ3v) is 8.61. The fraction of sp³-hybridized carbons (Fsp3) is 0.220. The molecule has 7 rings (SSSR count). The van der Waals surface area contributed by atoms with Crippen molar-refractivity contribution >= 4 is 21.8 Å². The summed E-state index contributed by atoms with van der Waals surface area (Å²) in [5.41, 5.74) is 10.2. The Morgan fingerprint density at radius 3 is 2.38 bits per heavy atom. The van der Waals surface area contributed by atoms with E-state index in [1.807, 2.05) is 47.4 Å². The second kappa shape index (κ2) is 12.6. The zero-order valence-electron chi connectivity index (χ0n) is 27.8. The van der Waals surface area contributed by atoms with Gasteiger partial charge in [0.15, 0.2) is 0 Å². The Hall–Kier alpha value is -4.47. The standard InChI is InChI=1S/C41H38N4O.Pt/c1-26(2)29-20-28(4)40(36(21-29)41(5,6)7)30-24-43-44(25-30)31-11-10-12-32(22-31)46-33-15-16-35-34-13-8-9-14-37(34)45(38(35)23-33)39-19-27(3)17-18-42-39;/h8-21,24-26H,1-7H3;/q-2;+2. The van der Waals surface area contributed by atoms with Gasteiger partial charge in [0.1, 0.15) is 5.82 Å². The van der Waals surface area contributed by atoms with Gasteiger partial charge in [0.2, 0.25) is 0 Å². The Balaban J connectivity index is 0.00000386. The fourth-order valence-corrected chi connectivity index (χ4v) is 6.27. The molecule has 7 aromatic rings. The summed E-state index contributed by atoms with van der Waals surface area (Å²) in [4.78, 5) is 4.69. The summed E-state index contributed by atoms with van der Waals surface area (Å²) in [6.45, 7) is 15.6. The molecule has 0 bridgehead atoms. The van der Waals surface area contributed by atoms with Gasteiger partial charge in [-0.3, -0.25) is 4.68 Å². The molecule has 0 aliphatic heterocycles. The molecule has 0 saturated carbocycles. The topological polar surface area (TPSA) is 44.9 Å². The normalized spacial score (nSPS) is 11.7. The summed E-state index contributed by atoms with van der Waals surface area (Å²) in [6, 6.07) is 34.1. The van der Waals surface area contributed by atoms with Crippen LogP contribution in [-0.2, 0) is 26.5 Å². The summed E-state index contributed by atoms with van der Waals surface area (Å²) in [5, 5.41) is 7.01. The molecule has 5 nitrogen and oxygen atoms in total. The monoisotopic (exact) mass is 797 g/mol. The van der Waals surface area contributed by atoms with Crippen LogP contribution in [0.2, 0.25) is 0 Å². The van der Waals surface area contributed by atoms with Gasteiger partial charge in [-0.15, -0.1) is 35.7 Å². The molecule has 238 valence electrons. The van der Waals surface area contributed by atoms with Crippen molar-refractivity contribution in [3.63, 3.8) is 0 Å². The van der Waals surface area contributed by atoms with E-state index >= 15 is 0 Å². The van der Waals surface area contributed by atoms with Gasteiger partial charge >= 0.3 is 21.1 Å². The predicted molar refractivity (Wildman–Crippen MR) is 188 cm³/mol. The molecule has 3 aromatic heterocycles. The van der Waals surface area contributed by atoms with E-state index in [9.17, 15) is 0 Å². The number of hydrogen-bond donors (Lipinski definition) is 0. The zero-order valence-corrected chi connectivity index (χ0v) is 30.1. The van der Waals surface area contributed by atoms with Gasteiger partial charge in [0, 0.05) is 35.0 Å². The minimum atomic E-state index is -0.00825. The van der Waals surface area contributed by atoms with Gasteiger partial charge in [-0.25, -0.2) is 4.98 Å². The van der Waals surface area contributed by atoms with Gasteiger partial charge in [-0.1, -0.05) is 70.5 Å². The maximum Gasteiger partial charge on any atom is 2.00 e. The van der Waals surface area contributed by atoms with E-state index < -0.39 is 0 Å². The number of aryl methyl sites for hydroxylation is 2. The molecule has 0 aliphatic rings. The largest absolute Gasteiger partial charge is 2.00 e. The summed E-state index contributed by atoms with van der Waals surface area (Å²) in [7, 11) is 0. The number of para-hydroxylation sites is 1. The van der Waals surface area contributed by atoms with E-state index in [0.717, 1.165) is 44.4 Å². The van der Waals surface area contributed by atoms with Crippen molar-refractivity contribution in [2.45, 2.75) is 59.8 Å². The number of fused-ring (bicyclic) bond motifs is 3. The van der Waals surface area contributed by atoms with Crippen LogP contribution in [-0.4, -0.2) is 19.3 Å². The number of benzene rings is 4. The Bertz CT molecular complexity index is 2240. The molecule has 0 saturated heterocycles. The Morgan fingerprint density at radius 1 is 0.830 bits per heavy atom. The van der Waals surface area contributed by atoms with Crippen LogP contribution in [0, 0.1) is 26.0 Å². The molecule has 0 aliphatic carbocycles. The smallest absolute Gasteiger partial charge is 0.509 e. The first-order valence-electron chi connectivity index (χ1n) is 15.9. The molecule has 0 radical (unpaired) electrons. The zero-order chi connectivity index (χ0) is 32.2. The van der Waals surface area contributed by atoms with E-state index in [1.54, 1.807) is 0 Å². The van der Waals surface area contributed by atoms with Crippen LogP contribution in [0.25, 0.3) is 44.4 Å². The van der Waals surface area contributed by atoms with Crippen molar-refractivity contribution in [3.8, 4) is 34.1 Å². The Kier molecular flexibility index (Phi) is 8.72. The minimum absolute atomic E-state index is 0. The summed E-state index contributed by atoms with van der Waals surface area (Å²) in [6.07, 6.45) is 5.89. The maximum absolute atomic E-state index is 6.38. The predicted octanol–water partition coefficient (Wildman–Crippen LogP) is 10.5. The molecule has 0 unspecified atom stereocenters. The SMILES string of the molecule is Cc1ccnc(-n2c3[c-]c(Oc4[c-]c(-n5cc(-c6c(C)cc(C(C)C)cc6C(C)(C)C)cn5)ccc4)ccc3c3ccccc32)c1.[Pt+2]. The van der Waals surface area contributed by atoms with Crippen molar-refractivity contribution in [3.05, 3.63) is 132 Å². The van der Waals surface area contributed by atoms with Crippen LogP contribution in [0.15, 0.2) is 97.5 Å². The van der Waals surface area contributed by atoms with E-state index in [0.29, 0.717) is 17.4 Å². The van der Waals surface area contributed by atoms with Crippen LogP contribution < -0.4 is 4.74 Å². The van der Waals surface area contributed by atoms with Crippen LogP contribution in [0.4, 0.5) is 0 Å². The van der Waals surface area contributed by atoms with Crippen LogP contribution in [0.1, 0.15) is 62.8 Å². The third kappa shape index (κ3) is 6.17. The molecule has 4 aromatic carbocycles. The molecule has 0 amide bonds. The minimum Gasteiger partial charge on any atom is -0.509 e. The second-order valence-corrected chi connectivity index (χ2v) is 13.5. The van der Waals surface area contributed by atoms with Gasteiger partial charge in [0.25, 0.3) is 0 Å².